The summed E-state index contributed by atoms with van der Waals surface area (Å²) < 4.78 is 2.06. The van der Waals surface area contributed by atoms with E-state index in [9.17, 15) is 0 Å². The zero-order chi connectivity index (χ0) is 9.97. The second-order valence-electron chi connectivity index (χ2n) is 3.93. The molecule has 1 saturated carbocycles. The summed E-state index contributed by atoms with van der Waals surface area (Å²) in [5.41, 5.74) is 6.09. The number of nitrogens with two attached hydrogens (primary N) is 1. The van der Waals surface area contributed by atoms with Crippen molar-refractivity contribution in [3.63, 3.8) is 0 Å². The van der Waals surface area contributed by atoms with Crippen LogP contribution in [-0.4, -0.2) is 20.8 Å². The average molecular weight is 211 g/mol. The highest BCUT2D eigenvalue weighted by molar-refractivity contribution is 7.99. The molecule has 1 aliphatic rings. The Morgan fingerprint density at radius 2 is 2.29 bits per heavy atom. The normalized spacial score (nSPS) is 27.9. The second-order valence-corrected chi connectivity index (χ2v) is 5.13. The van der Waals surface area contributed by atoms with E-state index in [4.69, 9.17) is 5.73 Å². The van der Waals surface area contributed by atoms with Crippen molar-refractivity contribution in [1.29, 1.82) is 0 Å². The maximum atomic E-state index is 6.09. The molecule has 3 nitrogen and oxygen atoms in total. The van der Waals surface area contributed by atoms with Crippen LogP contribution in [0, 0.1) is 0 Å². The van der Waals surface area contributed by atoms with E-state index in [0.29, 0.717) is 11.3 Å². The van der Waals surface area contributed by atoms with Crippen molar-refractivity contribution in [3.8, 4) is 0 Å². The Morgan fingerprint density at radius 1 is 1.50 bits per heavy atom. The molecule has 1 aliphatic carbocycles. The van der Waals surface area contributed by atoms with Crippen LogP contribution in [0.2, 0.25) is 0 Å². The molecule has 78 valence electrons. The van der Waals surface area contributed by atoms with E-state index in [2.05, 4.69) is 9.55 Å². The average Bonchev–Trinajstić information content (AvgIpc) is 2.56. The molecule has 0 amide bonds. The van der Waals surface area contributed by atoms with Gasteiger partial charge in [0, 0.05) is 30.7 Å². The van der Waals surface area contributed by atoms with Crippen molar-refractivity contribution in [2.24, 2.45) is 12.8 Å². The molecular formula is C10H17N3S. The molecule has 0 aromatic carbocycles. The van der Waals surface area contributed by atoms with Gasteiger partial charge in [-0.1, -0.05) is 24.6 Å². The predicted molar refractivity (Wildman–Crippen MR) is 59.3 cm³/mol. The molecule has 1 fully saturated rings. The van der Waals surface area contributed by atoms with Crippen LogP contribution in [0.3, 0.4) is 0 Å². The van der Waals surface area contributed by atoms with Crippen LogP contribution < -0.4 is 5.73 Å². The molecule has 0 saturated heterocycles. The Balaban J connectivity index is 1.99. The Kier molecular flexibility index (Phi) is 3.13. The second kappa shape index (κ2) is 4.36. The first kappa shape index (κ1) is 10.1. The summed E-state index contributed by atoms with van der Waals surface area (Å²) in [6.07, 6.45) is 8.84. The quantitative estimate of drug-likeness (QED) is 0.811. The lowest BCUT2D eigenvalue weighted by molar-refractivity contribution is 0.452. The molecule has 1 aromatic rings. The number of aryl methyl sites for hydroxylation is 1. The third-order valence-corrected chi connectivity index (χ3v) is 4.28. The van der Waals surface area contributed by atoms with Gasteiger partial charge in [-0.15, -0.1) is 0 Å². The molecule has 0 aliphatic heterocycles. The summed E-state index contributed by atoms with van der Waals surface area (Å²) in [7, 11) is 2.03. The first-order chi connectivity index (χ1) is 6.77. The number of nitrogens with zero attached hydrogens (tertiary/aromatic N) is 2. The molecule has 4 heteroatoms. The minimum atomic E-state index is 0.352. The SMILES string of the molecule is Cn1ccnc1SC1CCCCC1N. The largest absolute Gasteiger partial charge is 0.329 e. The first-order valence-corrected chi connectivity index (χ1v) is 6.05. The van der Waals surface area contributed by atoms with Crippen molar-refractivity contribution >= 4 is 11.8 Å². The minimum Gasteiger partial charge on any atom is -0.329 e. The summed E-state index contributed by atoms with van der Waals surface area (Å²) in [6.45, 7) is 0. The number of thioether (sulfide) groups is 1. The maximum absolute atomic E-state index is 6.09. The van der Waals surface area contributed by atoms with Crippen LogP contribution in [0.25, 0.3) is 0 Å². The third-order valence-electron chi connectivity index (χ3n) is 2.79. The summed E-state index contributed by atoms with van der Waals surface area (Å²) in [5, 5.41) is 1.65. The molecule has 14 heavy (non-hydrogen) atoms. The Morgan fingerprint density at radius 3 is 2.93 bits per heavy atom. The van der Waals surface area contributed by atoms with Crippen molar-refractivity contribution < 1.29 is 0 Å². The number of aromatic nitrogens is 2. The van der Waals surface area contributed by atoms with Gasteiger partial charge in [-0.2, -0.15) is 0 Å². The number of imidazole rings is 1. The molecule has 0 bridgehead atoms. The lowest BCUT2D eigenvalue weighted by atomic mass is 9.96. The van der Waals surface area contributed by atoms with Gasteiger partial charge in [0.2, 0.25) is 0 Å². The molecule has 2 N–H and O–H groups in total. The van der Waals surface area contributed by atoms with Crippen LogP contribution in [0.4, 0.5) is 0 Å². The molecular weight excluding hydrogens is 194 g/mol. The molecule has 2 atom stereocenters. The van der Waals surface area contributed by atoms with Gasteiger partial charge in [-0.25, -0.2) is 4.98 Å². The number of hydrogen-bond donors (Lipinski definition) is 1. The molecule has 0 spiro atoms. The highest BCUT2D eigenvalue weighted by Crippen LogP contribution is 2.31. The fourth-order valence-corrected chi connectivity index (χ4v) is 3.09. The molecule has 2 unspecified atom stereocenters. The van der Waals surface area contributed by atoms with Gasteiger partial charge in [0.15, 0.2) is 5.16 Å². The standard InChI is InChI=1S/C10H17N3S/c1-13-7-6-12-10(13)14-9-5-3-2-4-8(9)11/h6-9H,2-5,11H2,1H3. The minimum absolute atomic E-state index is 0.352. The lowest BCUT2D eigenvalue weighted by Crippen LogP contribution is -2.35. The fraction of sp³-hybridized carbons (Fsp3) is 0.700. The van der Waals surface area contributed by atoms with E-state index < -0.39 is 0 Å². The van der Waals surface area contributed by atoms with Crippen LogP contribution in [0.5, 0.6) is 0 Å². The summed E-state index contributed by atoms with van der Waals surface area (Å²) in [6, 6.07) is 0.352. The van der Waals surface area contributed by atoms with Gasteiger partial charge in [-0.3, -0.25) is 0 Å². The Hall–Kier alpha value is -0.480. The van der Waals surface area contributed by atoms with Crippen LogP contribution in [0.15, 0.2) is 17.6 Å². The van der Waals surface area contributed by atoms with E-state index in [-0.39, 0.29) is 0 Å². The van der Waals surface area contributed by atoms with Crippen molar-refractivity contribution in [2.45, 2.75) is 42.1 Å². The van der Waals surface area contributed by atoms with E-state index in [1.807, 2.05) is 31.2 Å². The molecule has 1 heterocycles. The Labute approximate surface area is 89.1 Å². The zero-order valence-corrected chi connectivity index (χ0v) is 9.33. The molecule has 0 radical (unpaired) electrons. The summed E-state index contributed by atoms with van der Waals surface area (Å²) in [4.78, 5) is 4.31. The first-order valence-electron chi connectivity index (χ1n) is 5.17. The third kappa shape index (κ3) is 2.12. The topological polar surface area (TPSA) is 43.8 Å². The van der Waals surface area contributed by atoms with Crippen molar-refractivity contribution in [3.05, 3.63) is 12.4 Å². The van der Waals surface area contributed by atoms with Crippen LogP contribution in [0.1, 0.15) is 25.7 Å². The van der Waals surface area contributed by atoms with Gasteiger partial charge in [0.05, 0.1) is 0 Å². The van der Waals surface area contributed by atoms with E-state index in [1.54, 1.807) is 0 Å². The van der Waals surface area contributed by atoms with Crippen LogP contribution in [-0.2, 0) is 7.05 Å². The highest BCUT2D eigenvalue weighted by atomic mass is 32.2. The highest BCUT2D eigenvalue weighted by Gasteiger charge is 2.23. The van der Waals surface area contributed by atoms with Gasteiger partial charge < -0.3 is 10.3 Å². The van der Waals surface area contributed by atoms with Crippen molar-refractivity contribution in [2.75, 3.05) is 0 Å². The predicted octanol–water partition coefficient (Wildman–Crippen LogP) is 1.78. The molecule has 2 rings (SSSR count). The van der Waals surface area contributed by atoms with Crippen molar-refractivity contribution in [1.82, 2.24) is 9.55 Å². The summed E-state index contributed by atoms with van der Waals surface area (Å²) in [5.74, 6) is 0. The van der Waals surface area contributed by atoms with Gasteiger partial charge in [0.25, 0.3) is 0 Å². The van der Waals surface area contributed by atoms with Crippen LogP contribution >= 0.6 is 11.8 Å². The monoisotopic (exact) mass is 211 g/mol. The number of rotatable bonds is 2. The fourth-order valence-electron chi connectivity index (χ4n) is 1.87. The smallest absolute Gasteiger partial charge is 0.167 e. The van der Waals surface area contributed by atoms with E-state index >= 15 is 0 Å². The lowest BCUT2D eigenvalue weighted by Gasteiger charge is -2.27. The maximum Gasteiger partial charge on any atom is 0.167 e. The summed E-state index contributed by atoms with van der Waals surface area (Å²) >= 11 is 1.83. The van der Waals surface area contributed by atoms with E-state index in [0.717, 1.165) is 5.16 Å². The van der Waals surface area contributed by atoms with E-state index in [1.165, 1.54) is 25.7 Å². The zero-order valence-electron chi connectivity index (χ0n) is 8.52. The number of hydrogen-bond acceptors (Lipinski definition) is 3. The van der Waals surface area contributed by atoms with Gasteiger partial charge in [-0.05, 0) is 12.8 Å². The Bertz CT molecular complexity index is 297. The van der Waals surface area contributed by atoms with Gasteiger partial charge in [0.1, 0.15) is 0 Å². The van der Waals surface area contributed by atoms with Gasteiger partial charge >= 0.3 is 0 Å². The molecule has 1 aromatic heterocycles.